The SMILES string of the molecule is N#CCSc1nnnn1-c1cccc(Cl)c1. The molecule has 2 rings (SSSR count). The van der Waals surface area contributed by atoms with Crippen molar-refractivity contribution in [3.8, 4) is 11.8 Å². The number of hydrogen-bond donors (Lipinski definition) is 0. The molecule has 0 bridgehead atoms. The monoisotopic (exact) mass is 251 g/mol. The molecule has 0 spiro atoms. The molecular formula is C9H6ClN5S. The highest BCUT2D eigenvalue weighted by Crippen LogP contribution is 2.19. The Morgan fingerprint density at radius 3 is 3.12 bits per heavy atom. The van der Waals surface area contributed by atoms with E-state index in [1.165, 1.54) is 11.8 Å². The van der Waals surface area contributed by atoms with E-state index in [1.807, 2.05) is 18.2 Å². The molecule has 1 aromatic carbocycles. The van der Waals surface area contributed by atoms with Crippen LogP contribution in [0.1, 0.15) is 0 Å². The van der Waals surface area contributed by atoms with Crippen LogP contribution in [-0.2, 0) is 0 Å². The Hall–Kier alpha value is -1.58. The van der Waals surface area contributed by atoms with Gasteiger partial charge in [0.1, 0.15) is 0 Å². The van der Waals surface area contributed by atoms with Crippen LogP contribution in [0.25, 0.3) is 5.69 Å². The number of nitriles is 1. The Morgan fingerprint density at radius 2 is 2.38 bits per heavy atom. The van der Waals surface area contributed by atoms with Crippen LogP contribution in [-0.4, -0.2) is 26.0 Å². The molecule has 0 atom stereocenters. The summed E-state index contributed by atoms with van der Waals surface area (Å²) in [6, 6.07) is 9.22. The van der Waals surface area contributed by atoms with Crippen LogP contribution < -0.4 is 0 Å². The van der Waals surface area contributed by atoms with Gasteiger partial charge in [-0.3, -0.25) is 0 Å². The number of nitrogens with zero attached hydrogens (tertiary/aromatic N) is 5. The van der Waals surface area contributed by atoms with Crippen LogP contribution in [0.2, 0.25) is 5.02 Å². The van der Waals surface area contributed by atoms with Gasteiger partial charge in [0.2, 0.25) is 5.16 Å². The Bertz CT molecular complexity index is 533. The molecule has 80 valence electrons. The minimum absolute atomic E-state index is 0.306. The van der Waals surface area contributed by atoms with Gasteiger partial charge in [0, 0.05) is 5.02 Å². The van der Waals surface area contributed by atoms with Crippen LogP contribution >= 0.6 is 23.4 Å². The van der Waals surface area contributed by atoms with Crippen LogP contribution in [0.15, 0.2) is 29.4 Å². The van der Waals surface area contributed by atoms with E-state index in [2.05, 4.69) is 15.5 Å². The van der Waals surface area contributed by atoms with Gasteiger partial charge in [-0.05, 0) is 28.6 Å². The van der Waals surface area contributed by atoms with Crippen molar-refractivity contribution in [3.63, 3.8) is 0 Å². The van der Waals surface area contributed by atoms with Crippen molar-refractivity contribution in [1.29, 1.82) is 5.26 Å². The molecule has 0 amide bonds. The standard InChI is InChI=1S/C9H6ClN5S/c10-7-2-1-3-8(6-7)15-9(12-13-14-15)16-5-4-11/h1-3,6H,5H2. The Labute approximate surface area is 101 Å². The van der Waals surface area contributed by atoms with Crippen LogP contribution in [0.5, 0.6) is 0 Å². The van der Waals surface area contributed by atoms with E-state index < -0.39 is 0 Å². The topological polar surface area (TPSA) is 67.4 Å². The second-order valence-electron chi connectivity index (χ2n) is 2.80. The Kier molecular flexibility index (Phi) is 3.39. The molecule has 2 aromatic rings. The van der Waals surface area contributed by atoms with E-state index >= 15 is 0 Å². The zero-order valence-electron chi connectivity index (χ0n) is 8.04. The van der Waals surface area contributed by atoms with Crippen LogP contribution in [0.3, 0.4) is 0 Å². The molecule has 0 unspecified atom stereocenters. The molecule has 1 aromatic heterocycles. The van der Waals surface area contributed by atoms with Gasteiger partial charge in [-0.1, -0.05) is 29.4 Å². The number of halogens is 1. The highest BCUT2D eigenvalue weighted by atomic mass is 35.5. The van der Waals surface area contributed by atoms with E-state index in [9.17, 15) is 0 Å². The van der Waals surface area contributed by atoms with Gasteiger partial charge in [-0.2, -0.15) is 9.94 Å². The minimum Gasteiger partial charge on any atom is -0.197 e. The first-order valence-electron chi connectivity index (χ1n) is 4.35. The first kappa shape index (κ1) is 10.9. The lowest BCUT2D eigenvalue weighted by molar-refractivity contribution is 0.757. The number of rotatable bonds is 3. The Balaban J connectivity index is 2.34. The van der Waals surface area contributed by atoms with Gasteiger partial charge in [0.15, 0.2) is 0 Å². The molecule has 0 aliphatic heterocycles. The lowest BCUT2D eigenvalue weighted by Crippen LogP contribution is -1.98. The maximum atomic E-state index is 8.50. The normalized spacial score (nSPS) is 10.0. The largest absolute Gasteiger partial charge is 0.215 e. The van der Waals surface area contributed by atoms with Crippen LogP contribution in [0.4, 0.5) is 0 Å². The van der Waals surface area contributed by atoms with Crippen molar-refractivity contribution >= 4 is 23.4 Å². The quantitative estimate of drug-likeness (QED) is 0.780. The summed E-state index contributed by atoms with van der Waals surface area (Å²) in [5.41, 5.74) is 0.776. The molecule has 7 heteroatoms. The van der Waals surface area contributed by atoms with E-state index in [0.29, 0.717) is 15.9 Å². The van der Waals surface area contributed by atoms with Gasteiger partial charge >= 0.3 is 0 Å². The molecule has 16 heavy (non-hydrogen) atoms. The van der Waals surface area contributed by atoms with E-state index in [0.717, 1.165) is 5.69 Å². The predicted molar refractivity (Wildman–Crippen MR) is 60.5 cm³/mol. The lowest BCUT2D eigenvalue weighted by atomic mass is 10.3. The minimum atomic E-state index is 0.306. The molecule has 1 heterocycles. The summed E-state index contributed by atoms with van der Waals surface area (Å²) in [6.45, 7) is 0. The van der Waals surface area contributed by atoms with Crippen molar-refractivity contribution in [2.75, 3.05) is 5.75 Å². The van der Waals surface area contributed by atoms with Crippen LogP contribution in [0, 0.1) is 11.3 Å². The summed E-state index contributed by atoms with van der Waals surface area (Å²) >= 11 is 7.15. The third kappa shape index (κ3) is 2.32. The maximum Gasteiger partial charge on any atom is 0.215 e. The van der Waals surface area contributed by atoms with Crippen molar-refractivity contribution in [1.82, 2.24) is 20.2 Å². The molecule has 0 aliphatic carbocycles. The number of aromatic nitrogens is 4. The number of tetrazole rings is 1. The van der Waals surface area contributed by atoms with Gasteiger partial charge in [0.05, 0.1) is 17.5 Å². The highest BCUT2D eigenvalue weighted by Gasteiger charge is 2.08. The zero-order chi connectivity index (χ0) is 11.4. The first-order chi connectivity index (χ1) is 7.81. The van der Waals surface area contributed by atoms with Gasteiger partial charge in [0.25, 0.3) is 0 Å². The number of benzene rings is 1. The zero-order valence-corrected chi connectivity index (χ0v) is 9.61. The summed E-state index contributed by atoms with van der Waals surface area (Å²) in [4.78, 5) is 0. The summed E-state index contributed by atoms with van der Waals surface area (Å²) in [6.07, 6.45) is 0. The third-order valence-electron chi connectivity index (χ3n) is 1.76. The number of hydrogen-bond acceptors (Lipinski definition) is 5. The fraction of sp³-hybridized carbons (Fsp3) is 0.111. The van der Waals surface area contributed by atoms with E-state index in [1.54, 1.807) is 16.8 Å². The summed E-state index contributed by atoms with van der Waals surface area (Å²) in [5.74, 6) is 0.306. The summed E-state index contributed by atoms with van der Waals surface area (Å²) < 4.78 is 1.55. The first-order valence-corrected chi connectivity index (χ1v) is 5.71. The fourth-order valence-corrected chi connectivity index (χ4v) is 1.87. The Morgan fingerprint density at radius 1 is 1.50 bits per heavy atom. The lowest BCUT2D eigenvalue weighted by Gasteiger charge is -2.02. The molecule has 0 saturated heterocycles. The second kappa shape index (κ2) is 4.96. The fourth-order valence-electron chi connectivity index (χ4n) is 1.14. The molecule has 0 N–H and O–H groups in total. The average Bonchev–Trinajstić information content (AvgIpc) is 2.74. The molecular weight excluding hydrogens is 246 g/mol. The van der Waals surface area contributed by atoms with Gasteiger partial charge in [-0.15, -0.1) is 5.10 Å². The molecule has 0 radical (unpaired) electrons. The van der Waals surface area contributed by atoms with Crippen molar-refractivity contribution in [2.24, 2.45) is 0 Å². The molecule has 0 fully saturated rings. The number of thioether (sulfide) groups is 1. The van der Waals surface area contributed by atoms with E-state index in [-0.39, 0.29) is 0 Å². The summed E-state index contributed by atoms with van der Waals surface area (Å²) in [7, 11) is 0. The maximum absolute atomic E-state index is 8.50. The average molecular weight is 252 g/mol. The second-order valence-corrected chi connectivity index (χ2v) is 4.18. The molecule has 5 nitrogen and oxygen atoms in total. The molecule has 0 aliphatic rings. The smallest absolute Gasteiger partial charge is 0.197 e. The molecule has 0 saturated carbocycles. The van der Waals surface area contributed by atoms with E-state index in [4.69, 9.17) is 16.9 Å². The van der Waals surface area contributed by atoms with Crippen molar-refractivity contribution in [2.45, 2.75) is 5.16 Å². The van der Waals surface area contributed by atoms with Crippen molar-refractivity contribution in [3.05, 3.63) is 29.3 Å². The van der Waals surface area contributed by atoms with Crippen molar-refractivity contribution < 1.29 is 0 Å². The van der Waals surface area contributed by atoms with Gasteiger partial charge in [-0.25, -0.2) is 0 Å². The third-order valence-corrected chi connectivity index (χ3v) is 2.78. The highest BCUT2D eigenvalue weighted by molar-refractivity contribution is 7.99. The predicted octanol–water partition coefficient (Wildman–Crippen LogP) is 1.93. The van der Waals surface area contributed by atoms with Gasteiger partial charge < -0.3 is 0 Å². The summed E-state index contributed by atoms with van der Waals surface area (Å²) in [5, 5.41) is 20.9.